The number of nitrogens with two attached hydrogens (primary N) is 1. The predicted molar refractivity (Wildman–Crippen MR) is 565 cm³/mol. The van der Waals surface area contributed by atoms with E-state index in [1.54, 1.807) is 99.6 Å². The van der Waals surface area contributed by atoms with Gasteiger partial charge >= 0.3 is 35.8 Å². The van der Waals surface area contributed by atoms with Crippen LogP contribution < -0.4 is 41.7 Å². The number of amides is 4. The maximum atomic E-state index is 13.3. The zero-order valence-electron chi connectivity index (χ0n) is 84.7. The lowest BCUT2D eigenvalue weighted by molar-refractivity contribution is 0.0591. The lowest BCUT2D eigenvalue weighted by atomic mass is 10.0. The van der Waals surface area contributed by atoms with E-state index in [9.17, 15) is 63.3 Å². The van der Waals surface area contributed by atoms with Gasteiger partial charge < -0.3 is 85.5 Å². The van der Waals surface area contributed by atoms with E-state index in [-0.39, 0.29) is 58.4 Å². The lowest BCUT2D eigenvalue weighted by Gasteiger charge is -2.42. The highest BCUT2D eigenvalue weighted by atomic mass is 79.9. The molecule has 3 heterocycles. The van der Waals surface area contributed by atoms with Crippen LogP contribution in [0.1, 0.15) is 246 Å². The van der Waals surface area contributed by atoms with E-state index in [0.717, 1.165) is 188 Å². The summed E-state index contributed by atoms with van der Waals surface area (Å²) in [5.41, 5.74) is 29.7. The molecule has 0 aliphatic carbocycles. The number of aryl methyl sites for hydroxylation is 15. The van der Waals surface area contributed by atoms with Gasteiger partial charge in [-0.05, 0) is 365 Å². The number of halogens is 2. The first-order chi connectivity index (χ1) is 65.8. The van der Waals surface area contributed by atoms with Crippen molar-refractivity contribution in [1.29, 1.82) is 0 Å². The number of piperidine rings is 3. The lowest BCUT2D eigenvalue weighted by Crippen LogP contribution is -2.47. The molecule has 13 rings (SSSR count). The van der Waals surface area contributed by atoms with E-state index >= 15 is 0 Å². The van der Waals surface area contributed by atoms with Gasteiger partial charge in [0.2, 0.25) is 0 Å². The highest BCUT2D eigenvalue weighted by molar-refractivity contribution is 9.10. The Kier molecular flexibility index (Phi) is 40.4. The number of esters is 4. The summed E-state index contributed by atoms with van der Waals surface area (Å²) in [5, 5.41) is 49.5. The van der Waals surface area contributed by atoms with Crippen LogP contribution in [-0.4, -0.2) is 174 Å². The molecule has 0 unspecified atom stereocenters. The van der Waals surface area contributed by atoms with E-state index in [4.69, 9.17) is 29.5 Å². The molecule has 0 atom stereocenters. The molecule has 0 radical (unpaired) electrons. The Morgan fingerprint density at radius 1 is 0.329 bits per heavy atom. The van der Waals surface area contributed by atoms with Crippen molar-refractivity contribution in [3.8, 4) is 0 Å². The number of benzene rings is 10. The second-order valence-electron chi connectivity index (χ2n) is 37.3. The van der Waals surface area contributed by atoms with Crippen molar-refractivity contribution in [3.05, 3.63) is 300 Å². The van der Waals surface area contributed by atoms with Gasteiger partial charge in [-0.3, -0.25) is 19.2 Å². The molecule has 0 spiro atoms. The Morgan fingerprint density at radius 3 is 0.800 bits per heavy atom. The monoisotopic (exact) mass is 2060 g/mol. The highest BCUT2D eigenvalue weighted by Crippen LogP contribution is 2.40. The fourth-order valence-corrected chi connectivity index (χ4v) is 18.4. The molecule has 3 saturated heterocycles. The van der Waals surface area contributed by atoms with Gasteiger partial charge in [0.05, 0.1) is 74.0 Å². The molecule has 3 aliphatic rings. The molecule has 4 amide bonds. The quantitative estimate of drug-likeness (QED) is 0.0157. The number of aliphatic hydroxyl groups is 2. The minimum atomic E-state index is -1.78. The molecule has 0 saturated carbocycles. The number of hydrogen-bond donors (Lipinski definition) is 9. The Balaban J connectivity index is 0.000000213. The number of hydrogen-bond acceptors (Lipinski definition) is 21. The predicted octanol–water partition coefficient (Wildman–Crippen LogP) is 22.3. The molecule has 0 bridgehead atoms. The van der Waals surface area contributed by atoms with Crippen LogP contribution >= 0.6 is 31.9 Å². The van der Waals surface area contributed by atoms with E-state index in [2.05, 4.69) is 112 Å². The van der Waals surface area contributed by atoms with Gasteiger partial charge in [-0.2, -0.15) is 0 Å². The molecule has 140 heavy (non-hydrogen) atoms. The van der Waals surface area contributed by atoms with Crippen molar-refractivity contribution >= 4 is 145 Å². The molecule has 3 aliphatic heterocycles. The number of aromatic carboxylic acids is 2. The SMILES string of the molecule is COC(=O)c1cc(C)c(N)c(C)c1.COC(=O)c1cc(C)c(NC(=O)c2cc(Br)ccc2C)c(C)c1.COC(=O)c1cc(C)c(NC(=O)c2cc(N3CCC(O)CC3)ccc2C)c(C)c1.COC(=O)c1cc(C)c(NC(=O)c2cc(N3CCC(O[Si](C)(C)C(C)(C)C)CC3)ccc2C)c(C)c1.Cc1ccc(Br)cc1C(=O)O.Cc1ccc(N2CCC(O)CC2)cc1C(=O)Nc1c(C)cc(C(=O)O)cc1C. The maximum Gasteiger partial charge on any atom is 0.337 e. The van der Waals surface area contributed by atoms with Gasteiger partial charge in [0.15, 0.2) is 8.32 Å². The summed E-state index contributed by atoms with van der Waals surface area (Å²) in [6.07, 6.45) is 4.73. The second-order valence-corrected chi connectivity index (χ2v) is 43.9. The highest BCUT2D eigenvalue weighted by Gasteiger charge is 2.40. The summed E-state index contributed by atoms with van der Waals surface area (Å²) in [6.45, 7) is 44.3. The Morgan fingerprint density at radius 2 is 0.557 bits per heavy atom. The number of methoxy groups -OCH3 is 4. The smallest absolute Gasteiger partial charge is 0.337 e. The minimum absolute atomic E-state index is 0.150. The summed E-state index contributed by atoms with van der Waals surface area (Å²) in [7, 11) is 3.64. The van der Waals surface area contributed by atoms with Crippen molar-refractivity contribution in [2.45, 2.75) is 200 Å². The van der Waals surface area contributed by atoms with Crippen molar-refractivity contribution in [1.82, 2.24) is 0 Å². The molecule has 746 valence electrons. The van der Waals surface area contributed by atoms with Crippen LogP contribution in [0.2, 0.25) is 18.1 Å². The first-order valence-corrected chi connectivity index (χ1v) is 50.8. The summed E-state index contributed by atoms with van der Waals surface area (Å²) in [5.74, 6) is -4.11. The topological polar surface area (TPSA) is 382 Å². The van der Waals surface area contributed by atoms with Gasteiger partial charge in [-0.15, -0.1) is 0 Å². The van der Waals surface area contributed by atoms with Crippen molar-refractivity contribution in [2.75, 3.05) is 109 Å². The van der Waals surface area contributed by atoms with Crippen LogP contribution in [0.15, 0.2) is 161 Å². The number of nitrogens with zero attached hydrogens (tertiary/aromatic N) is 3. The largest absolute Gasteiger partial charge is 0.478 e. The molecule has 30 heteroatoms. The first kappa shape index (κ1) is 112. The van der Waals surface area contributed by atoms with Crippen LogP contribution in [0.4, 0.5) is 45.5 Å². The van der Waals surface area contributed by atoms with E-state index < -0.39 is 32.2 Å². The average molecular weight is 2060 g/mol. The zero-order valence-corrected chi connectivity index (χ0v) is 88.9. The molecule has 10 N–H and O–H groups in total. The number of nitrogen functional groups attached to an aromatic ring is 1. The van der Waals surface area contributed by atoms with Gasteiger partial charge in [-0.25, -0.2) is 28.8 Å². The van der Waals surface area contributed by atoms with Crippen LogP contribution in [0.3, 0.4) is 0 Å². The van der Waals surface area contributed by atoms with Gasteiger partial charge in [0.25, 0.3) is 23.6 Å². The number of nitrogens with one attached hydrogen (secondary N) is 4. The van der Waals surface area contributed by atoms with Gasteiger partial charge in [0, 0.05) is 122 Å². The molecule has 10 aromatic carbocycles. The molecule has 27 nitrogen and oxygen atoms in total. The van der Waals surface area contributed by atoms with Crippen LogP contribution in [-0.2, 0) is 23.4 Å². The number of rotatable bonds is 19. The van der Waals surface area contributed by atoms with Crippen LogP contribution in [0.5, 0.6) is 0 Å². The number of carboxylic acids is 2. The summed E-state index contributed by atoms with van der Waals surface area (Å²) >= 11 is 6.58. The third kappa shape index (κ3) is 30.3. The number of anilines is 8. The fourth-order valence-electron chi connectivity index (χ4n) is 16.3. The molecular formula is C110H134Br2N8O19Si. The Hall–Kier alpha value is -12.8. The van der Waals surface area contributed by atoms with Gasteiger partial charge in [0.1, 0.15) is 0 Å². The van der Waals surface area contributed by atoms with E-state index in [1.165, 1.54) is 28.4 Å². The Bertz CT molecular complexity index is 6150. The van der Waals surface area contributed by atoms with Crippen LogP contribution in [0.25, 0.3) is 0 Å². The summed E-state index contributed by atoms with van der Waals surface area (Å²) in [4.78, 5) is 127. The van der Waals surface area contributed by atoms with Crippen molar-refractivity contribution in [2.24, 2.45) is 0 Å². The zero-order chi connectivity index (χ0) is 104. The number of carboxylic acid groups (broad SMARTS) is 2. The van der Waals surface area contributed by atoms with E-state index in [1.807, 2.05) is 150 Å². The molecule has 0 aromatic heterocycles. The van der Waals surface area contributed by atoms with Crippen molar-refractivity contribution in [3.63, 3.8) is 0 Å². The second kappa shape index (κ2) is 50.3. The number of carbonyl (C=O) groups excluding carboxylic acids is 8. The number of aliphatic hydroxyl groups excluding tert-OH is 2. The van der Waals surface area contributed by atoms with Gasteiger partial charge in [-0.1, -0.05) is 83.0 Å². The summed E-state index contributed by atoms with van der Waals surface area (Å²) in [6, 6.07) is 45.5. The maximum absolute atomic E-state index is 13.3. The average Bonchev–Trinajstić information content (AvgIpc) is 0.809. The molecular weight excluding hydrogens is 1930 g/mol. The summed E-state index contributed by atoms with van der Waals surface area (Å²) < 4.78 is 27.2. The number of carbonyl (C=O) groups is 10. The Labute approximate surface area is 840 Å². The van der Waals surface area contributed by atoms with Crippen molar-refractivity contribution < 1.29 is 91.7 Å². The standard InChI is InChI=1S/C29H42N2O4Si.C23H28N2O4.C22H26N2O4.C18H18BrNO3.C10H13NO2.C8H7BrO2/c1-19-10-11-23(31-14-12-24(13-15-31)35-36(8,9)29(4,5)6)18-25(19)27(32)30-26-20(2)16-22(17-21(26)3)28(33)34-7;1-14-5-6-18(25-9-7-19(26)8-10-25)13-20(14)22(27)24-21-15(2)11-17(12-16(21)3)23(28)29-4;1-13-4-5-17(24-8-6-18(25)7-9-24)12-19(13)21(26)23-20-14(2)10-16(22(27)28)11-15(20)3;1-10-5-6-14(19)9-15(10)17(21)20-16-11(2)7-13(8-12(16)3)18(22)23-4;1-6-4-8(10(12)13-3)5-7(2)9(6)11;1-5-2-3-6(9)4-7(5)8(10)11/h10-11,16-18,24H,12-15H2,1-9H3,(H,30,32);5-6,11-13,19,26H,7-10H2,1-4H3,(H,24,27);4-5,10-12,18,25H,6-9H2,1-3H3,(H,23,26)(H,27,28);5-9H,1-4H3,(H,20,21);4-5H,11H2,1-3H3;2-4H,1H3,(H,10,11). The third-order valence-electron chi connectivity index (χ3n) is 25.6. The molecule has 10 aromatic rings. The minimum Gasteiger partial charge on any atom is -0.478 e. The third-order valence-corrected chi connectivity index (χ3v) is 31.1. The first-order valence-electron chi connectivity index (χ1n) is 46.3. The normalized spacial score (nSPS) is 13.2. The fraction of sp³-hybridized carbons (Fsp3) is 0.364. The molecule has 3 fully saturated rings. The number of ether oxygens (including phenoxy) is 4. The van der Waals surface area contributed by atoms with Crippen LogP contribution in [0, 0.1) is 104 Å². The van der Waals surface area contributed by atoms with E-state index in [0.29, 0.717) is 84.4 Å².